The minimum absolute atomic E-state index is 0.000846. The molecular weight excluding hydrogens is 460 g/mol. The van der Waals surface area contributed by atoms with Crippen molar-refractivity contribution < 1.29 is 23.5 Å². The summed E-state index contributed by atoms with van der Waals surface area (Å²) in [5.74, 6) is 1.41. The van der Waals surface area contributed by atoms with Crippen LogP contribution < -0.4 is 31.0 Å². The summed E-state index contributed by atoms with van der Waals surface area (Å²) >= 11 is 1.04. The Bertz CT molecular complexity index is 1440. The highest BCUT2D eigenvalue weighted by Gasteiger charge is 2.26. The van der Waals surface area contributed by atoms with Gasteiger partial charge in [0.2, 0.25) is 5.75 Å². The third-order valence-electron chi connectivity index (χ3n) is 5.05. The molecule has 5 N–H and O–H groups in total. The Hall–Kier alpha value is -4.50. The van der Waals surface area contributed by atoms with Crippen molar-refractivity contribution in [1.82, 2.24) is 10.1 Å². The Morgan fingerprint density at radius 1 is 1.15 bits per heavy atom. The van der Waals surface area contributed by atoms with Gasteiger partial charge in [-0.3, -0.25) is 4.79 Å². The van der Waals surface area contributed by atoms with Crippen LogP contribution in [0.1, 0.15) is 21.0 Å². The van der Waals surface area contributed by atoms with Gasteiger partial charge in [0.1, 0.15) is 32.9 Å². The molecule has 174 valence electrons. The van der Waals surface area contributed by atoms with Crippen molar-refractivity contribution in [3.63, 3.8) is 0 Å². The van der Waals surface area contributed by atoms with E-state index in [9.17, 15) is 10.1 Å². The van der Waals surface area contributed by atoms with Crippen molar-refractivity contribution in [2.75, 3.05) is 38.1 Å². The largest absolute Gasteiger partial charge is 0.493 e. The van der Waals surface area contributed by atoms with Gasteiger partial charge < -0.3 is 35.5 Å². The molecule has 0 aliphatic heterocycles. The van der Waals surface area contributed by atoms with E-state index in [1.54, 1.807) is 25.1 Å². The monoisotopic (exact) mass is 480 g/mol. The van der Waals surface area contributed by atoms with Gasteiger partial charge in [0, 0.05) is 17.0 Å². The first-order valence-corrected chi connectivity index (χ1v) is 10.6. The van der Waals surface area contributed by atoms with Gasteiger partial charge >= 0.3 is 0 Å². The first-order chi connectivity index (χ1) is 16.3. The molecule has 3 aromatic heterocycles. The number of nitriles is 1. The summed E-state index contributed by atoms with van der Waals surface area (Å²) in [5.41, 5.74) is 13.7. The maximum atomic E-state index is 12.9. The number of nitrogens with zero attached hydrogens (tertiary/aromatic N) is 3. The van der Waals surface area contributed by atoms with Crippen LogP contribution in [0.15, 0.2) is 22.7 Å². The maximum Gasteiger partial charge on any atom is 0.269 e. The number of aryl methyl sites for hydroxylation is 1. The molecule has 34 heavy (non-hydrogen) atoms. The Morgan fingerprint density at radius 2 is 1.82 bits per heavy atom. The molecule has 0 aliphatic rings. The van der Waals surface area contributed by atoms with Crippen LogP contribution in [0.3, 0.4) is 0 Å². The number of pyridine rings is 1. The minimum atomic E-state index is -0.498. The lowest BCUT2D eigenvalue weighted by Crippen LogP contribution is -2.12. The number of thiophene rings is 1. The summed E-state index contributed by atoms with van der Waals surface area (Å²) in [6, 6.07) is 7.01. The highest BCUT2D eigenvalue weighted by Crippen LogP contribution is 2.47. The van der Waals surface area contributed by atoms with Gasteiger partial charge in [0.25, 0.3) is 5.91 Å². The number of amides is 1. The predicted octanol–water partition coefficient (Wildman–Crippen LogP) is 3.57. The number of carbonyl (C=O) groups is 1. The predicted molar refractivity (Wildman–Crippen MR) is 127 cm³/mol. The Kier molecular flexibility index (Phi) is 5.87. The van der Waals surface area contributed by atoms with Gasteiger partial charge in [0.05, 0.1) is 27.0 Å². The zero-order chi connectivity index (χ0) is 24.6. The molecule has 0 saturated carbocycles. The van der Waals surface area contributed by atoms with Gasteiger partial charge in [0.15, 0.2) is 17.3 Å². The number of carbonyl (C=O) groups excluding carboxylic acids is 1. The van der Waals surface area contributed by atoms with E-state index in [1.807, 2.05) is 0 Å². The van der Waals surface area contributed by atoms with E-state index < -0.39 is 5.91 Å². The zero-order valence-electron chi connectivity index (χ0n) is 18.7. The van der Waals surface area contributed by atoms with Crippen LogP contribution in [-0.2, 0) is 0 Å². The van der Waals surface area contributed by atoms with Gasteiger partial charge in [-0.25, -0.2) is 4.98 Å². The van der Waals surface area contributed by atoms with Crippen LogP contribution in [0.2, 0.25) is 0 Å². The minimum Gasteiger partial charge on any atom is -0.493 e. The van der Waals surface area contributed by atoms with Gasteiger partial charge in [-0.2, -0.15) is 5.26 Å². The summed E-state index contributed by atoms with van der Waals surface area (Å²) in [7, 11) is 4.45. The number of rotatable bonds is 6. The topological polar surface area (TPSA) is 172 Å². The fourth-order valence-corrected chi connectivity index (χ4v) is 4.57. The SMILES string of the molecule is COc1cc(-c2c(C#N)c(N)nc3sc(C(=O)Nc4cc(C)on4)c(N)c23)cc(OC)c1OC. The number of aromatic nitrogens is 2. The van der Waals surface area contributed by atoms with Crippen molar-refractivity contribution >= 4 is 44.8 Å². The van der Waals surface area contributed by atoms with Crippen LogP contribution in [0, 0.1) is 18.3 Å². The van der Waals surface area contributed by atoms with Crippen molar-refractivity contribution in [2.24, 2.45) is 0 Å². The molecule has 0 bridgehead atoms. The van der Waals surface area contributed by atoms with Crippen LogP contribution in [0.25, 0.3) is 21.3 Å². The van der Waals surface area contributed by atoms with Crippen LogP contribution in [0.4, 0.5) is 17.3 Å². The number of hydrogen-bond acceptors (Lipinski definition) is 11. The number of nitrogens with one attached hydrogen (secondary N) is 1. The fourth-order valence-electron chi connectivity index (χ4n) is 3.56. The summed E-state index contributed by atoms with van der Waals surface area (Å²) in [6.45, 7) is 1.70. The third-order valence-corrected chi connectivity index (χ3v) is 6.14. The second kappa shape index (κ2) is 8.80. The molecule has 0 saturated heterocycles. The highest BCUT2D eigenvalue weighted by molar-refractivity contribution is 7.21. The number of anilines is 3. The van der Waals surface area contributed by atoms with E-state index in [-0.39, 0.29) is 27.8 Å². The molecular formula is C22H20N6O5S. The highest BCUT2D eigenvalue weighted by atomic mass is 32.1. The smallest absolute Gasteiger partial charge is 0.269 e. The number of hydrogen-bond donors (Lipinski definition) is 3. The summed E-state index contributed by atoms with van der Waals surface area (Å²) in [4.78, 5) is 17.8. The quantitative estimate of drug-likeness (QED) is 0.370. The van der Waals surface area contributed by atoms with Crippen molar-refractivity contribution in [2.45, 2.75) is 6.92 Å². The van der Waals surface area contributed by atoms with Gasteiger partial charge in [-0.05, 0) is 24.6 Å². The number of nitrogens with two attached hydrogens (primary N) is 2. The molecule has 0 fully saturated rings. The average Bonchev–Trinajstić information content (AvgIpc) is 3.38. The molecule has 0 atom stereocenters. The number of nitrogen functional groups attached to an aromatic ring is 2. The fraction of sp³-hybridized carbons (Fsp3) is 0.182. The molecule has 12 heteroatoms. The summed E-state index contributed by atoms with van der Waals surface area (Å²) < 4.78 is 21.3. The lowest BCUT2D eigenvalue weighted by atomic mass is 9.96. The second-order valence-corrected chi connectivity index (χ2v) is 8.07. The molecule has 1 aromatic carbocycles. The molecule has 1 amide bonds. The average molecular weight is 481 g/mol. The maximum absolute atomic E-state index is 12.9. The van der Waals surface area contributed by atoms with E-state index in [1.165, 1.54) is 21.3 Å². The zero-order valence-corrected chi connectivity index (χ0v) is 19.5. The summed E-state index contributed by atoms with van der Waals surface area (Å²) in [6.07, 6.45) is 0. The normalized spacial score (nSPS) is 10.7. The van der Waals surface area contributed by atoms with E-state index in [2.05, 4.69) is 21.5 Å². The van der Waals surface area contributed by atoms with E-state index >= 15 is 0 Å². The number of ether oxygens (including phenoxy) is 3. The first kappa shape index (κ1) is 22.7. The van der Waals surface area contributed by atoms with E-state index in [0.717, 1.165) is 11.3 Å². The number of methoxy groups -OCH3 is 3. The molecule has 0 unspecified atom stereocenters. The molecule has 4 rings (SSSR count). The Labute approximate surface area is 197 Å². The van der Waals surface area contributed by atoms with Gasteiger partial charge in [-0.1, -0.05) is 5.16 Å². The van der Waals surface area contributed by atoms with Crippen molar-refractivity contribution in [3.8, 4) is 34.4 Å². The van der Waals surface area contributed by atoms with Crippen LogP contribution >= 0.6 is 11.3 Å². The lowest BCUT2D eigenvalue weighted by molar-refractivity contribution is 0.103. The van der Waals surface area contributed by atoms with Crippen molar-refractivity contribution in [1.29, 1.82) is 5.26 Å². The van der Waals surface area contributed by atoms with E-state index in [0.29, 0.717) is 44.4 Å². The molecule has 4 aromatic rings. The number of fused-ring (bicyclic) bond motifs is 1. The van der Waals surface area contributed by atoms with Gasteiger partial charge in [-0.15, -0.1) is 11.3 Å². The molecule has 0 radical (unpaired) electrons. The Morgan fingerprint density at radius 3 is 2.35 bits per heavy atom. The van der Waals surface area contributed by atoms with Crippen molar-refractivity contribution in [3.05, 3.63) is 34.4 Å². The second-order valence-electron chi connectivity index (χ2n) is 7.07. The Balaban J connectivity index is 1.97. The van der Waals surface area contributed by atoms with Crippen LogP contribution in [-0.4, -0.2) is 37.4 Å². The standard InChI is InChI=1S/C22H20N6O5S/c1-9-5-14(28-33-9)26-21(29)19-17(24)16-15(11(8-23)20(25)27-22(16)34-19)10-6-12(30-2)18(32-4)13(7-10)31-3/h5-7H,24H2,1-4H3,(H2,25,27)(H,26,28,29). The molecule has 0 spiro atoms. The summed E-state index contributed by atoms with van der Waals surface area (Å²) in [5, 5.41) is 16.7. The van der Waals surface area contributed by atoms with Crippen LogP contribution in [0.5, 0.6) is 17.2 Å². The van der Waals surface area contributed by atoms with E-state index in [4.69, 9.17) is 30.2 Å². The lowest BCUT2D eigenvalue weighted by Gasteiger charge is -2.16. The molecule has 3 heterocycles. The third kappa shape index (κ3) is 3.67. The molecule has 0 aliphatic carbocycles. The first-order valence-electron chi connectivity index (χ1n) is 9.79. The number of benzene rings is 1. The molecule has 11 nitrogen and oxygen atoms in total.